The van der Waals surface area contributed by atoms with E-state index in [0.717, 1.165) is 36.5 Å². The molecule has 12 heteroatoms. The summed E-state index contributed by atoms with van der Waals surface area (Å²) >= 11 is 4.28. The van der Waals surface area contributed by atoms with Crippen LogP contribution < -0.4 is 10.6 Å². The van der Waals surface area contributed by atoms with Gasteiger partial charge in [0.15, 0.2) is 23.3 Å². The van der Waals surface area contributed by atoms with E-state index in [1.54, 1.807) is 25.1 Å². The predicted molar refractivity (Wildman–Crippen MR) is 165 cm³/mol. The Kier molecular flexibility index (Phi) is 11.0. The number of rotatable bonds is 6. The van der Waals surface area contributed by atoms with Crippen molar-refractivity contribution < 1.29 is 37.0 Å². The molecular formula is C29H22F4I2N2O4. The lowest BCUT2D eigenvalue weighted by Crippen LogP contribution is -2.09. The first-order valence-corrected chi connectivity index (χ1v) is 13.8. The van der Waals surface area contributed by atoms with Gasteiger partial charge in [-0.3, -0.25) is 0 Å². The second-order valence-electron chi connectivity index (χ2n) is 8.53. The van der Waals surface area contributed by atoms with Crippen LogP contribution in [-0.2, 0) is 4.74 Å². The van der Waals surface area contributed by atoms with Crippen LogP contribution in [0.1, 0.15) is 31.8 Å². The molecule has 0 unspecified atom stereocenters. The largest absolute Gasteiger partial charge is 0.478 e. The summed E-state index contributed by atoms with van der Waals surface area (Å²) < 4.78 is 61.1. The second-order valence-corrected chi connectivity index (χ2v) is 11.0. The summed E-state index contributed by atoms with van der Waals surface area (Å²) in [5, 5.41) is 14.5. The van der Waals surface area contributed by atoms with Crippen LogP contribution in [0.15, 0.2) is 60.7 Å². The third kappa shape index (κ3) is 7.87. The van der Waals surface area contributed by atoms with Crippen LogP contribution >= 0.6 is 45.2 Å². The Balaban J connectivity index is 0.000000226. The van der Waals surface area contributed by atoms with Crippen molar-refractivity contribution in [1.29, 1.82) is 0 Å². The van der Waals surface area contributed by atoms with Gasteiger partial charge in [-0.15, -0.1) is 0 Å². The van der Waals surface area contributed by atoms with Crippen molar-refractivity contribution in [3.05, 3.63) is 113 Å². The highest BCUT2D eigenvalue weighted by atomic mass is 127. The van der Waals surface area contributed by atoms with E-state index in [0.29, 0.717) is 11.4 Å². The maximum absolute atomic E-state index is 14.0. The van der Waals surface area contributed by atoms with Crippen LogP contribution in [0.25, 0.3) is 0 Å². The Labute approximate surface area is 260 Å². The van der Waals surface area contributed by atoms with Crippen molar-refractivity contribution in [2.45, 2.75) is 13.8 Å². The lowest BCUT2D eigenvalue weighted by molar-refractivity contribution is 0.0600. The van der Waals surface area contributed by atoms with Crippen LogP contribution in [0, 0.1) is 44.3 Å². The van der Waals surface area contributed by atoms with Gasteiger partial charge in [-0.05, 0) is 131 Å². The minimum Gasteiger partial charge on any atom is -0.478 e. The smallest absolute Gasteiger partial charge is 0.340 e. The number of aromatic carboxylic acids is 1. The van der Waals surface area contributed by atoms with Crippen molar-refractivity contribution in [1.82, 2.24) is 0 Å². The molecule has 214 valence electrons. The first-order chi connectivity index (χ1) is 19.3. The molecule has 0 aromatic heterocycles. The number of nitrogens with one attached hydrogen (secondary N) is 2. The molecule has 4 aromatic carbocycles. The standard InChI is InChI=1S/C15H12F2INO2.C14H10F2INO2/c1-8-7-9(18)3-6-12(8)19-14-10(15(20)21-2)4-5-11(16)13(14)17;1-7-6-8(17)2-5-11(7)18-13-9(14(19)20)3-4-10(15)12(13)16/h3-7,19H,1-2H3;2-6,18H,1H3,(H,19,20). The average Bonchev–Trinajstić information content (AvgIpc) is 2.92. The van der Waals surface area contributed by atoms with Crippen LogP contribution in [-0.4, -0.2) is 24.2 Å². The SMILES string of the molecule is COC(=O)c1ccc(F)c(F)c1Nc1ccc(I)cc1C.Cc1cc(I)ccc1Nc1c(C(=O)O)ccc(F)c1F. The summed E-state index contributed by atoms with van der Waals surface area (Å²) in [6.45, 7) is 3.63. The maximum Gasteiger partial charge on any atom is 0.340 e. The van der Waals surface area contributed by atoms with Gasteiger partial charge in [-0.1, -0.05) is 0 Å². The van der Waals surface area contributed by atoms with Gasteiger partial charge in [-0.25, -0.2) is 27.2 Å². The first kappa shape index (κ1) is 32.1. The molecule has 0 aliphatic carbocycles. The number of hydrogen-bond donors (Lipinski definition) is 3. The van der Waals surface area contributed by atoms with Gasteiger partial charge in [0.25, 0.3) is 0 Å². The second kappa shape index (κ2) is 14.0. The summed E-state index contributed by atoms with van der Waals surface area (Å²) in [5.74, 6) is -6.51. The van der Waals surface area contributed by atoms with Crippen molar-refractivity contribution in [2.75, 3.05) is 17.7 Å². The molecule has 0 aliphatic rings. The number of hydrogen-bond acceptors (Lipinski definition) is 5. The summed E-state index contributed by atoms with van der Waals surface area (Å²) in [7, 11) is 1.18. The molecule has 0 atom stereocenters. The van der Waals surface area contributed by atoms with Crippen LogP contribution in [0.5, 0.6) is 0 Å². The highest BCUT2D eigenvalue weighted by Crippen LogP contribution is 2.30. The quantitative estimate of drug-likeness (QED) is 0.103. The number of carbonyl (C=O) groups excluding carboxylic acids is 1. The molecule has 4 aromatic rings. The first-order valence-electron chi connectivity index (χ1n) is 11.7. The predicted octanol–water partition coefficient (Wildman–Crippen LogP) is 8.73. The van der Waals surface area contributed by atoms with E-state index in [-0.39, 0.29) is 22.5 Å². The number of anilines is 4. The molecular weight excluding hydrogens is 770 g/mol. The van der Waals surface area contributed by atoms with Crippen molar-refractivity contribution in [3.8, 4) is 0 Å². The average molecular weight is 792 g/mol. The van der Waals surface area contributed by atoms with Gasteiger partial charge in [0.05, 0.1) is 29.6 Å². The van der Waals surface area contributed by atoms with E-state index in [1.807, 2.05) is 25.1 Å². The number of halogens is 6. The minimum absolute atomic E-state index is 0.0608. The van der Waals surface area contributed by atoms with E-state index < -0.39 is 35.2 Å². The molecule has 41 heavy (non-hydrogen) atoms. The normalized spacial score (nSPS) is 10.4. The molecule has 0 saturated carbocycles. The number of ether oxygens (including phenoxy) is 1. The summed E-state index contributed by atoms with van der Waals surface area (Å²) in [6.07, 6.45) is 0. The maximum atomic E-state index is 14.0. The van der Waals surface area contributed by atoms with E-state index >= 15 is 0 Å². The number of carbonyl (C=O) groups is 2. The van der Waals surface area contributed by atoms with Crippen LogP contribution in [0.2, 0.25) is 0 Å². The van der Waals surface area contributed by atoms with Crippen LogP contribution in [0.4, 0.5) is 40.3 Å². The Hall–Kier alpha value is -3.40. The van der Waals surface area contributed by atoms with Crippen molar-refractivity contribution >= 4 is 79.9 Å². The molecule has 4 rings (SSSR count). The third-order valence-corrected chi connectivity index (χ3v) is 7.06. The zero-order chi connectivity index (χ0) is 30.4. The van der Waals surface area contributed by atoms with Gasteiger partial charge in [-0.2, -0.15) is 0 Å². The van der Waals surface area contributed by atoms with Crippen molar-refractivity contribution in [3.63, 3.8) is 0 Å². The molecule has 0 radical (unpaired) electrons. The summed E-state index contributed by atoms with van der Waals surface area (Å²) in [4.78, 5) is 22.8. The molecule has 0 bridgehead atoms. The number of benzene rings is 4. The lowest BCUT2D eigenvalue weighted by Gasteiger charge is -2.14. The molecule has 0 heterocycles. The Bertz CT molecular complexity index is 1630. The molecule has 0 amide bonds. The highest BCUT2D eigenvalue weighted by molar-refractivity contribution is 14.1. The van der Waals surface area contributed by atoms with E-state index in [4.69, 9.17) is 5.11 Å². The number of methoxy groups -OCH3 is 1. The zero-order valence-corrected chi connectivity index (χ0v) is 26.0. The van der Waals surface area contributed by atoms with Gasteiger partial charge < -0.3 is 20.5 Å². The van der Waals surface area contributed by atoms with E-state index in [2.05, 4.69) is 60.6 Å². The number of carboxylic acids is 1. The zero-order valence-electron chi connectivity index (χ0n) is 21.7. The van der Waals surface area contributed by atoms with Crippen LogP contribution in [0.3, 0.4) is 0 Å². The lowest BCUT2D eigenvalue weighted by atomic mass is 10.1. The molecule has 0 spiro atoms. The minimum atomic E-state index is -1.32. The Morgan fingerprint density at radius 1 is 0.707 bits per heavy atom. The fourth-order valence-electron chi connectivity index (χ4n) is 3.61. The molecule has 3 N–H and O–H groups in total. The topological polar surface area (TPSA) is 87.7 Å². The summed E-state index contributed by atoms with van der Waals surface area (Å²) in [6, 6.07) is 14.7. The summed E-state index contributed by atoms with van der Waals surface area (Å²) in [5.41, 5.74) is 1.78. The number of esters is 1. The molecule has 6 nitrogen and oxygen atoms in total. The highest BCUT2D eigenvalue weighted by Gasteiger charge is 2.20. The number of aryl methyl sites for hydroxylation is 2. The fourth-order valence-corrected chi connectivity index (χ4v) is 4.90. The van der Waals surface area contributed by atoms with Crippen molar-refractivity contribution in [2.24, 2.45) is 0 Å². The molecule has 0 aliphatic heterocycles. The molecule has 0 fully saturated rings. The third-order valence-electron chi connectivity index (χ3n) is 5.72. The van der Waals surface area contributed by atoms with E-state index in [9.17, 15) is 27.2 Å². The van der Waals surface area contributed by atoms with E-state index in [1.165, 1.54) is 13.2 Å². The van der Waals surface area contributed by atoms with Gasteiger partial charge in [0.2, 0.25) is 0 Å². The molecule has 0 saturated heterocycles. The monoisotopic (exact) mass is 792 g/mol. The Morgan fingerprint density at radius 3 is 1.51 bits per heavy atom. The van der Waals surface area contributed by atoms with Gasteiger partial charge >= 0.3 is 11.9 Å². The Morgan fingerprint density at radius 2 is 1.12 bits per heavy atom. The fraction of sp³-hybridized carbons (Fsp3) is 0.103. The van der Waals surface area contributed by atoms with Gasteiger partial charge in [0, 0.05) is 18.5 Å². The number of carboxylic acid groups (broad SMARTS) is 1. The van der Waals surface area contributed by atoms with Gasteiger partial charge in [0.1, 0.15) is 0 Å².